The first-order valence-electron chi connectivity index (χ1n) is 7.30. The van der Waals surface area contributed by atoms with E-state index in [0.29, 0.717) is 11.7 Å². The molecule has 2 aromatic rings. The summed E-state index contributed by atoms with van der Waals surface area (Å²) in [7, 11) is 0. The van der Waals surface area contributed by atoms with Crippen molar-refractivity contribution in [2.75, 3.05) is 13.1 Å². The van der Waals surface area contributed by atoms with Gasteiger partial charge in [-0.25, -0.2) is 4.98 Å². The van der Waals surface area contributed by atoms with Gasteiger partial charge in [0.25, 0.3) is 5.56 Å². The van der Waals surface area contributed by atoms with Gasteiger partial charge in [0.2, 0.25) is 0 Å². The molecule has 110 valence electrons. The normalized spacial score (nSPS) is 15.8. The van der Waals surface area contributed by atoms with Crippen LogP contribution in [0.25, 0.3) is 0 Å². The number of aromatic amines is 1. The number of H-pyrrole nitrogens is 1. The smallest absolute Gasteiger partial charge is 0.251 e. The highest BCUT2D eigenvalue weighted by Crippen LogP contribution is 2.22. The Hall–Kier alpha value is -2.14. The molecular weight excluding hydrogens is 266 g/mol. The number of hydrogen-bond donors (Lipinski definition) is 2. The van der Waals surface area contributed by atoms with Gasteiger partial charge in [-0.1, -0.05) is 18.2 Å². The maximum atomic E-state index is 11.8. The van der Waals surface area contributed by atoms with E-state index in [1.54, 1.807) is 6.07 Å². The van der Waals surface area contributed by atoms with E-state index in [0.717, 1.165) is 37.4 Å². The third kappa shape index (κ3) is 3.70. The van der Waals surface area contributed by atoms with Crippen LogP contribution >= 0.6 is 0 Å². The number of nitrogens with zero attached hydrogens (tertiary/aromatic N) is 1. The van der Waals surface area contributed by atoms with Crippen LogP contribution in [0.5, 0.6) is 5.75 Å². The number of piperidine rings is 1. The Morgan fingerprint density at radius 2 is 1.95 bits per heavy atom. The van der Waals surface area contributed by atoms with Crippen LogP contribution in [0.1, 0.15) is 30.3 Å². The van der Waals surface area contributed by atoms with Gasteiger partial charge in [-0.05, 0) is 38.1 Å². The number of rotatable bonds is 4. The predicted octanol–water partition coefficient (Wildman–Crippen LogP) is 1.82. The monoisotopic (exact) mass is 285 g/mol. The molecule has 1 aliphatic heterocycles. The number of para-hydroxylation sites is 1. The molecule has 0 spiro atoms. The van der Waals surface area contributed by atoms with E-state index in [-0.39, 0.29) is 12.2 Å². The average Bonchev–Trinajstić information content (AvgIpc) is 2.54. The van der Waals surface area contributed by atoms with Crippen LogP contribution in [-0.2, 0) is 6.61 Å². The summed E-state index contributed by atoms with van der Waals surface area (Å²) in [5.41, 5.74) is 0.775. The topological polar surface area (TPSA) is 67.0 Å². The number of ether oxygens (including phenoxy) is 1. The maximum Gasteiger partial charge on any atom is 0.251 e. The molecule has 0 saturated carbocycles. The van der Waals surface area contributed by atoms with Crippen molar-refractivity contribution >= 4 is 0 Å². The molecule has 1 aliphatic rings. The van der Waals surface area contributed by atoms with Crippen molar-refractivity contribution in [3.8, 4) is 5.75 Å². The molecule has 0 unspecified atom stereocenters. The summed E-state index contributed by atoms with van der Waals surface area (Å²) in [6.07, 6.45) is 2.05. The molecule has 0 aliphatic carbocycles. The summed E-state index contributed by atoms with van der Waals surface area (Å²) < 4.78 is 5.64. The molecule has 21 heavy (non-hydrogen) atoms. The van der Waals surface area contributed by atoms with Crippen molar-refractivity contribution in [3.05, 3.63) is 58.3 Å². The van der Waals surface area contributed by atoms with Crippen LogP contribution in [0.4, 0.5) is 0 Å². The highest BCUT2D eigenvalue weighted by atomic mass is 16.5. The Morgan fingerprint density at radius 1 is 1.19 bits per heavy atom. The first-order valence-corrected chi connectivity index (χ1v) is 7.30. The zero-order valence-corrected chi connectivity index (χ0v) is 11.8. The number of aromatic nitrogens is 2. The first kappa shape index (κ1) is 13.8. The van der Waals surface area contributed by atoms with Gasteiger partial charge in [0, 0.05) is 12.0 Å². The molecule has 1 aromatic heterocycles. The van der Waals surface area contributed by atoms with E-state index in [4.69, 9.17) is 4.74 Å². The maximum absolute atomic E-state index is 11.8. The van der Waals surface area contributed by atoms with E-state index in [1.807, 2.05) is 30.3 Å². The second kappa shape index (κ2) is 6.54. The van der Waals surface area contributed by atoms with Crippen LogP contribution in [0.15, 0.2) is 41.2 Å². The van der Waals surface area contributed by atoms with Gasteiger partial charge in [0.15, 0.2) is 0 Å². The molecule has 1 fully saturated rings. The van der Waals surface area contributed by atoms with Crippen molar-refractivity contribution < 1.29 is 4.74 Å². The van der Waals surface area contributed by atoms with E-state index in [1.165, 1.54) is 0 Å². The lowest BCUT2D eigenvalue weighted by Crippen LogP contribution is -2.28. The van der Waals surface area contributed by atoms with E-state index in [2.05, 4.69) is 15.3 Å². The molecular formula is C16H19N3O2. The molecule has 0 atom stereocenters. The minimum Gasteiger partial charge on any atom is -0.486 e. The second-order valence-electron chi connectivity index (χ2n) is 5.24. The van der Waals surface area contributed by atoms with Crippen LogP contribution < -0.4 is 15.6 Å². The Bertz CT molecular complexity index is 633. The third-order valence-electron chi connectivity index (χ3n) is 3.69. The molecule has 2 heterocycles. The molecule has 1 aromatic carbocycles. The fraction of sp³-hybridized carbons (Fsp3) is 0.375. The molecule has 3 rings (SSSR count). The first-order chi connectivity index (χ1) is 10.3. The fourth-order valence-corrected chi connectivity index (χ4v) is 2.59. The van der Waals surface area contributed by atoms with Crippen LogP contribution in [0.2, 0.25) is 0 Å². The highest BCUT2D eigenvalue weighted by molar-refractivity contribution is 5.21. The minimum absolute atomic E-state index is 0.106. The summed E-state index contributed by atoms with van der Waals surface area (Å²) in [5, 5.41) is 3.32. The Morgan fingerprint density at radius 3 is 2.71 bits per heavy atom. The van der Waals surface area contributed by atoms with Gasteiger partial charge in [-0.3, -0.25) is 4.79 Å². The lowest BCUT2D eigenvalue weighted by atomic mass is 9.94. The van der Waals surface area contributed by atoms with E-state index < -0.39 is 0 Å². The van der Waals surface area contributed by atoms with Crippen LogP contribution in [0.3, 0.4) is 0 Å². The molecule has 5 heteroatoms. The molecule has 2 N–H and O–H groups in total. The van der Waals surface area contributed by atoms with Crippen molar-refractivity contribution in [2.45, 2.75) is 25.4 Å². The Labute approximate surface area is 123 Å². The standard InChI is InChI=1S/C16H19N3O2/c20-16-10-14(12-6-8-17-9-7-12)18-15(19-16)11-21-13-4-2-1-3-5-13/h1-5,10,12,17H,6-9,11H2,(H,18,19,20). The zero-order chi connectivity index (χ0) is 14.5. The number of nitrogens with one attached hydrogen (secondary N) is 2. The van der Waals surface area contributed by atoms with Crippen LogP contribution in [0, 0.1) is 0 Å². The average molecular weight is 285 g/mol. The van der Waals surface area contributed by atoms with Gasteiger partial charge in [0.1, 0.15) is 18.2 Å². The molecule has 0 bridgehead atoms. The number of hydrogen-bond acceptors (Lipinski definition) is 4. The van der Waals surface area contributed by atoms with Crippen molar-refractivity contribution in [1.29, 1.82) is 0 Å². The Kier molecular flexibility index (Phi) is 4.31. The van der Waals surface area contributed by atoms with Crippen LogP contribution in [-0.4, -0.2) is 23.1 Å². The lowest BCUT2D eigenvalue weighted by Gasteiger charge is -2.22. The predicted molar refractivity (Wildman–Crippen MR) is 80.5 cm³/mol. The Balaban J connectivity index is 1.73. The van der Waals surface area contributed by atoms with Crippen molar-refractivity contribution in [3.63, 3.8) is 0 Å². The van der Waals surface area contributed by atoms with Crippen molar-refractivity contribution in [2.24, 2.45) is 0 Å². The van der Waals surface area contributed by atoms with Gasteiger partial charge in [0.05, 0.1) is 5.69 Å². The van der Waals surface area contributed by atoms with Gasteiger partial charge < -0.3 is 15.0 Å². The largest absolute Gasteiger partial charge is 0.486 e. The molecule has 1 saturated heterocycles. The second-order valence-corrected chi connectivity index (χ2v) is 5.24. The van der Waals surface area contributed by atoms with Gasteiger partial charge in [-0.2, -0.15) is 0 Å². The fourth-order valence-electron chi connectivity index (χ4n) is 2.59. The summed E-state index contributed by atoms with van der Waals surface area (Å²) in [5.74, 6) is 1.72. The summed E-state index contributed by atoms with van der Waals surface area (Å²) in [6.45, 7) is 2.24. The molecule has 5 nitrogen and oxygen atoms in total. The lowest BCUT2D eigenvalue weighted by molar-refractivity contribution is 0.294. The summed E-state index contributed by atoms with van der Waals surface area (Å²) in [4.78, 5) is 19.1. The molecule has 0 radical (unpaired) electrons. The summed E-state index contributed by atoms with van der Waals surface area (Å²) >= 11 is 0. The highest BCUT2D eigenvalue weighted by Gasteiger charge is 2.17. The van der Waals surface area contributed by atoms with Gasteiger partial charge >= 0.3 is 0 Å². The van der Waals surface area contributed by atoms with Crippen molar-refractivity contribution in [1.82, 2.24) is 15.3 Å². The van der Waals surface area contributed by atoms with E-state index >= 15 is 0 Å². The quantitative estimate of drug-likeness (QED) is 0.899. The summed E-state index contributed by atoms with van der Waals surface area (Å²) in [6, 6.07) is 11.1. The SMILES string of the molecule is O=c1cc(C2CCNCC2)nc(COc2ccccc2)[nH]1. The zero-order valence-electron chi connectivity index (χ0n) is 11.8. The van der Waals surface area contributed by atoms with Gasteiger partial charge in [-0.15, -0.1) is 0 Å². The third-order valence-corrected chi connectivity index (χ3v) is 3.69. The van der Waals surface area contributed by atoms with E-state index in [9.17, 15) is 4.79 Å². The number of benzene rings is 1. The molecule has 0 amide bonds. The minimum atomic E-state index is -0.106.